The molecule has 1 aliphatic rings. The van der Waals surface area contributed by atoms with Crippen LogP contribution in [0.15, 0.2) is 42.6 Å². The predicted molar refractivity (Wildman–Crippen MR) is 83.1 cm³/mol. The summed E-state index contributed by atoms with van der Waals surface area (Å²) in [6.45, 7) is 15.5. The largest absolute Gasteiger partial charge is 0.375 e. The normalized spacial score (nSPS) is 25.4. The quantitative estimate of drug-likeness (QED) is 0.715. The van der Waals surface area contributed by atoms with E-state index < -0.39 is 0 Å². The molecule has 0 radical (unpaired) electrons. The summed E-state index contributed by atoms with van der Waals surface area (Å²) in [6.07, 6.45) is 1.30. The minimum absolute atomic E-state index is 0.426. The first-order chi connectivity index (χ1) is 8.92. The molecule has 2 unspecified atom stereocenters. The Morgan fingerprint density at radius 3 is 2.53 bits per heavy atom. The van der Waals surface area contributed by atoms with Crippen LogP contribution in [0.3, 0.4) is 0 Å². The minimum Gasteiger partial charge on any atom is -0.375 e. The van der Waals surface area contributed by atoms with Crippen LogP contribution in [0.1, 0.15) is 45.6 Å². The fraction of sp³-hybridized carbons (Fsp3) is 0.556. The van der Waals surface area contributed by atoms with Crippen LogP contribution in [0.25, 0.3) is 0 Å². The van der Waals surface area contributed by atoms with Crippen molar-refractivity contribution in [1.82, 2.24) is 4.90 Å². The first-order valence-electron chi connectivity index (χ1n) is 7.38. The summed E-state index contributed by atoms with van der Waals surface area (Å²) in [4.78, 5) is 2.47. The second-order valence-electron chi connectivity index (χ2n) is 6.83. The van der Waals surface area contributed by atoms with Crippen molar-refractivity contribution in [2.45, 2.75) is 40.0 Å². The van der Waals surface area contributed by atoms with Gasteiger partial charge in [-0.3, -0.25) is 0 Å². The average Bonchev–Trinajstić information content (AvgIpc) is 3.01. The summed E-state index contributed by atoms with van der Waals surface area (Å²) in [6, 6.07) is 10.9. The van der Waals surface area contributed by atoms with Gasteiger partial charge in [0.2, 0.25) is 0 Å². The molecule has 1 saturated carbocycles. The molecule has 1 aromatic rings. The molecule has 0 aliphatic heterocycles. The van der Waals surface area contributed by atoms with Crippen LogP contribution in [0.2, 0.25) is 0 Å². The molecule has 1 aromatic carbocycles. The molecule has 0 heterocycles. The highest BCUT2D eigenvalue weighted by atomic mass is 15.1. The third-order valence-corrected chi connectivity index (χ3v) is 4.23. The lowest BCUT2D eigenvalue weighted by atomic mass is 9.99. The van der Waals surface area contributed by atoms with Gasteiger partial charge in [0.25, 0.3) is 0 Å². The van der Waals surface area contributed by atoms with E-state index in [4.69, 9.17) is 0 Å². The van der Waals surface area contributed by atoms with E-state index in [1.54, 1.807) is 0 Å². The van der Waals surface area contributed by atoms with Gasteiger partial charge in [-0.15, -0.1) is 0 Å². The predicted octanol–water partition coefficient (Wildman–Crippen LogP) is 4.67. The van der Waals surface area contributed by atoms with Gasteiger partial charge in [0.1, 0.15) is 0 Å². The van der Waals surface area contributed by atoms with Crippen molar-refractivity contribution in [3.63, 3.8) is 0 Å². The number of nitrogens with zero attached hydrogens (tertiary/aromatic N) is 1. The molecule has 0 bridgehead atoms. The molecule has 0 saturated heterocycles. The highest BCUT2D eigenvalue weighted by Gasteiger charge is 2.51. The van der Waals surface area contributed by atoms with Gasteiger partial charge in [-0.05, 0) is 36.2 Å². The molecule has 19 heavy (non-hydrogen) atoms. The van der Waals surface area contributed by atoms with Crippen LogP contribution in [-0.2, 0) is 0 Å². The molecule has 0 aromatic heterocycles. The summed E-state index contributed by atoms with van der Waals surface area (Å²) < 4.78 is 0. The molecule has 1 nitrogen and oxygen atoms in total. The molecule has 1 fully saturated rings. The van der Waals surface area contributed by atoms with Crippen molar-refractivity contribution in [3.05, 3.63) is 48.2 Å². The van der Waals surface area contributed by atoms with Gasteiger partial charge in [0.15, 0.2) is 0 Å². The van der Waals surface area contributed by atoms with Gasteiger partial charge < -0.3 is 4.90 Å². The Bertz CT molecular complexity index is 434. The summed E-state index contributed by atoms with van der Waals surface area (Å²) in [7, 11) is 0. The molecule has 2 atom stereocenters. The average molecular weight is 257 g/mol. The number of hydrogen-bond donors (Lipinski definition) is 0. The van der Waals surface area contributed by atoms with E-state index >= 15 is 0 Å². The highest BCUT2D eigenvalue weighted by molar-refractivity contribution is 5.29. The maximum atomic E-state index is 4.14. The van der Waals surface area contributed by atoms with Crippen LogP contribution < -0.4 is 0 Å². The number of rotatable bonds is 6. The zero-order chi connectivity index (χ0) is 14.0. The molecule has 104 valence electrons. The van der Waals surface area contributed by atoms with E-state index in [9.17, 15) is 0 Å². The summed E-state index contributed by atoms with van der Waals surface area (Å²) in [5.41, 5.74) is 3.12. The van der Waals surface area contributed by atoms with E-state index in [1.807, 2.05) is 0 Å². The third kappa shape index (κ3) is 3.40. The molecular weight excluding hydrogens is 230 g/mol. The van der Waals surface area contributed by atoms with Gasteiger partial charge in [0.05, 0.1) is 0 Å². The van der Waals surface area contributed by atoms with Crippen LogP contribution >= 0.6 is 0 Å². The maximum absolute atomic E-state index is 4.14. The Morgan fingerprint density at radius 2 is 2.00 bits per heavy atom. The molecule has 2 rings (SSSR count). The Balaban J connectivity index is 2.01. The lowest BCUT2D eigenvalue weighted by Crippen LogP contribution is -2.31. The fourth-order valence-corrected chi connectivity index (χ4v) is 3.02. The summed E-state index contributed by atoms with van der Waals surface area (Å²) in [5.74, 6) is 1.41. The van der Waals surface area contributed by atoms with Crippen molar-refractivity contribution in [2.24, 2.45) is 11.3 Å². The number of allylic oxidation sites excluding steroid dienone is 1. The summed E-state index contributed by atoms with van der Waals surface area (Å²) >= 11 is 0. The molecule has 0 N–H and O–H groups in total. The second-order valence-corrected chi connectivity index (χ2v) is 6.83. The lowest BCUT2D eigenvalue weighted by Gasteiger charge is -2.30. The first-order valence-corrected chi connectivity index (χ1v) is 7.38. The zero-order valence-electron chi connectivity index (χ0n) is 12.8. The molecule has 1 heteroatoms. The number of benzene rings is 1. The molecular formula is C18H27N. The number of hydrogen-bond acceptors (Lipinski definition) is 1. The lowest BCUT2D eigenvalue weighted by molar-refractivity contribution is 0.254. The van der Waals surface area contributed by atoms with Crippen molar-refractivity contribution in [1.29, 1.82) is 0 Å². The van der Waals surface area contributed by atoms with Crippen molar-refractivity contribution >= 4 is 0 Å². The van der Waals surface area contributed by atoms with E-state index in [-0.39, 0.29) is 0 Å². The smallest absolute Gasteiger partial charge is 0.0234 e. The van der Waals surface area contributed by atoms with Crippen LogP contribution in [-0.4, -0.2) is 18.0 Å². The SMILES string of the molecule is C=C(C)N(CC(C)C)CC1(C)CC1c1ccccc1. The third-order valence-electron chi connectivity index (χ3n) is 4.23. The van der Waals surface area contributed by atoms with Gasteiger partial charge in [-0.1, -0.05) is 57.7 Å². The monoisotopic (exact) mass is 257 g/mol. The van der Waals surface area contributed by atoms with Crippen molar-refractivity contribution in [3.8, 4) is 0 Å². The van der Waals surface area contributed by atoms with Crippen LogP contribution in [0.5, 0.6) is 0 Å². The zero-order valence-corrected chi connectivity index (χ0v) is 12.8. The van der Waals surface area contributed by atoms with Gasteiger partial charge in [0, 0.05) is 18.8 Å². The van der Waals surface area contributed by atoms with Gasteiger partial charge >= 0.3 is 0 Å². The fourth-order valence-electron chi connectivity index (χ4n) is 3.02. The van der Waals surface area contributed by atoms with Gasteiger partial charge in [-0.25, -0.2) is 0 Å². The second kappa shape index (κ2) is 5.40. The Labute approximate surface area is 118 Å². The van der Waals surface area contributed by atoms with Crippen molar-refractivity contribution < 1.29 is 0 Å². The Kier molecular flexibility index (Phi) is 4.03. The Hall–Kier alpha value is -1.24. The molecule has 0 spiro atoms. The molecule has 0 amide bonds. The standard InChI is InChI=1S/C18H27N/c1-14(2)12-19(15(3)4)13-18(5)11-17(18)16-9-7-6-8-10-16/h6-10,14,17H,3,11-13H2,1-2,4-5H3. The van der Waals surface area contributed by atoms with E-state index in [1.165, 1.54) is 17.7 Å². The van der Waals surface area contributed by atoms with E-state index in [0.29, 0.717) is 11.3 Å². The Morgan fingerprint density at radius 1 is 1.37 bits per heavy atom. The van der Waals surface area contributed by atoms with Crippen molar-refractivity contribution in [2.75, 3.05) is 13.1 Å². The first kappa shape index (κ1) is 14.2. The van der Waals surface area contributed by atoms with E-state index in [2.05, 4.69) is 69.5 Å². The minimum atomic E-state index is 0.426. The molecule has 1 aliphatic carbocycles. The van der Waals surface area contributed by atoms with E-state index in [0.717, 1.165) is 19.0 Å². The van der Waals surface area contributed by atoms with Gasteiger partial charge in [-0.2, -0.15) is 0 Å². The summed E-state index contributed by atoms with van der Waals surface area (Å²) in [5, 5.41) is 0. The van der Waals surface area contributed by atoms with Crippen LogP contribution in [0.4, 0.5) is 0 Å². The van der Waals surface area contributed by atoms with Crippen LogP contribution in [0, 0.1) is 11.3 Å². The highest BCUT2D eigenvalue weighted by Crippen LogP contribution is 2.59. The maximum Gasteiger partial charge on any atom is 0.0234 e. The topological polar surface area (TPSA) is 3.24 Å².